The number of halogens is 2. The SMILES string of the molecule is CC1(C)CC[N+](C)(CCC(C)(C)NCl)CC1.[Cl-]. The van der Waals surface area contributed by atoms with E-state index in [2.05, 4.69) is 39.6 Å². The molecular weight excluding hydrogens is 255 g/mol. The van der Waals surface area contributed by atoms with Gasteiger partial charge in [-0.3, -0.25) is 0 Å². The van der Waals surface area contributed by atoms with Crippen LogP contribution in [0, 0.1) is 5.41 Å². The van der Waals surface area contributed by atoms with Gasteiger partial charge in [-0.2, -0.15) is 0 Å². The third-order valence-corrected chi connectivity index (χ3v) is 4.70. The fraction of sp³-hybridized carbons (Fsp3) is 1.00. The summed E-state index contributed by atoms with van der Waals surface area (Å²) in [6.45, 7) is 13.0. The minimum Gasteiger partial charge on any atom is -1.00 e. The highest BCUT2D eigenvalue weighted by molar-refractivity contribution is 6.13. The summed E-state index contributed by atoms with van der Waals surface area (Å²) in [4.78, 5) is 2.88. The predicted octanol–water partition coefficient (Wildman–Crippen LogP) is 0.169. The number of rotatable bonds is 4. The van der Waals surface area contributed by atoms with Gasteiger partial charge in [-0.05, 0) is 31.0 Å². The average molecular weight is 283 g/mol. The molecule has 1 rings (SSSR count). The largest absolute Gasteiger partial charge is 1.00 e. The molecule has 0 atom stereocenters. The van der Waals surface area contributed by atoms with Crippen molar-refractivity contribution in [3.8, 4) is 0 Å². The smallest absolute Gasteiger partial charge is 0.0802 e. The zero-order valence-electron chi connectivity index (χ0n) is 11.9. The van der Waals surface area contributed by atoms with Crippen molar-refractivity contribution >= 4 is 11.8 Å². The Hall–Kier alpha value is 0.500. The second kappa shape index (κ2) is 6.10. The van der Waals surface area contributed by atoms with Crippen LogP contribution >= 0.6 is 11.8 Å². The van der Waals surface area contributed by atoms with E-state index in [1.165, 1.54) is 37.0 Å². The van der Waals surface area contributed by atoms with Gasteiger partial charge < -0.3 is 16.9 Å². The van der Waals surface area contributed by atoms with Crippen LogP contribution < -0.4 is 17.2 Å². The molecule has 1 N–H and O–H groups in total. The van der Waals surface area contributed by atoms with Gasteiger partial charge in [-0.15, -0.1) is 0 Å². The fourth-order valence-corrected chi connectivity index (χ4v) is 2.30. The molecule has 0 amide bonds. The molecule has 0 aromatic rings. The van der Waals surface area contributed by atoms with E-state index in [1.54, 1.807) is 0 Å². The van der Waals surface area contributed by atoms with Crippen molar-refractivity contribution in [2.24, 2.45) is 5.41 Å². The topological polar surface area (TPSA) is 12.0 Å². The number of likely N-dealkylation sites (tertiary alicyclic amines) is 1. The Morgan fingerprint density at radius 3 is 2.12 bits per heavy atom. The van der Waals surface area contributed by atoms with Gasteiger partial charge in [0.1, 0.15) is 0 Å². The highest BCUT2D eigenvalue weighted by Crippen LogP contribution is 2.33. The van der Waals surface area contributed by atoms with Crippen LogP contribution in [0.15, 0.2) is 0 Å². The van der Waals surface area contributed by atoms with E-state index in [0.717, 1.165) is 6.42 Å². The van der Waals surface area contributed by atoms with Crippen LogP contribution in [0.4, 0.5) is 0 Å². The number of hydrogen-bond acceptors (Lipinski definition) is 1. The Labute approximate surface area is 118 Å². The first kappa shape index (κ1) is 17.5. The standard InChI is InChI=1S/C13H28ClN2.ClH/c1-12(2)6-9-16(5,10-7-12)11-8-13(3,4)15-14;/h15H,6-11H2,1-5H3;1H/q+1;/p-1. The normalized spacial score (nSPS) is 22.9. The Morgan fingerprint density at radius 2 is 1.71 bits per heavy atom. The molecule has 0 aromatic carbocycles. The van der Waals surface area contributed by atoms with Crippen LogP contribution in [-0.2, 0) is 0 Å². The van der Waals surface area contributed by atoms with E-state index in [4.69, 9.17) is 11.8 Å². The third kappa shape index (κ3) is 5.78. The van der Waals surface area contributed by atoms with E-state index in [-0.39, 0.29) is 17.9 Å². The molecule has 0 unspecified atom stereocenters. The number of piperidine rings is 1. The van der Waals surface area contributed by atoms with Gasteiger partial charge in [-0.25, -0.2) is 4.84 Å². The first-order valence-electron chi connectivity index (χ1n) is 6.40. The molecule has 1 aliphatic rings. The van der Waals surface area contributed by atoms with Crippen molar-refractivity contribution in [3.05, 3.63) is 0 Å². The summed E-state index contributed by atoms with van der Waals surface area (Å²) in [5, 5.41) is 0. The molecule has 1 heterocycles. The Kier molecular flexibility index (Phi) is 6.28. The van der Waals surface area contributed by atoms with Crippen molar-refractivity contribution in [2.75, 3.05) is 26.7 Å². The molecule has 17 heavy (non-hydrogen) atoms. The van der Waals surface area contributed by atoms with Crippen molar-refractivity contribution in [1.82, 2.24) is 4.84 Å². The third-order valence-electron chi connectivity index (χ3n) is 4.19. The molecule has 2 nitrogen and oxygen atoms in total. The molecule has 0 spiro atoms. The van der Waals surface area contributed by atoms with Crippen LogP contribution in [0.1, 0.15) is 47.0 Å². The quantitative estimate of drug-likeness (QED) is 0.573. The highest BCUT2D eigenvalue weighted by Gasteiger charge is 2.35. The van der Waals surface area contributed by atoms with Gasteiger partial charge in [0.2, 0.25) is 0 Å². The van der Waals surface area contributed by atoms with Crippen LogP contribution in [0.2, 0.25) is 0 Å². The molecular formula is C13H28Cl2N2. The molecule has 0 radical (unpaired) electrons. The molecule has 4 heteroatoms. The zero-order chi connectivity index (χ0) is 12.4. The summed E-state index contributed by atoms with van der Waals surface area (Å²) in [5.41, 5.74) is 0.605. The fourth-order valence-electron chi connectivity index (χ4n) is 2.20. The van der Waals surface area contributed by atoms with Gasteiger partial charge in [0.15, 0.2) is 0 Å². The summed E-state index contributed by atoms with van der Waals surface area (Å²) >= 11 is 5.74. The van der Waals surface area contributed by atoms with Gasteiger partial charge in [0, 0.05) is 24.8 Å². The number of quaternary nitrogens is 1. The van der Waals surface area contributed by atoms with Crippen LogP contribution in [0.3, 0.4) is 0 Å². The van der Waals surface area contributed by atoms with E-state index in [0.29, 0.717) is 5.41 Å². The Bertz CT molecular complexity index is 230. The molecule has 0 aromatic heterocycles. The second-order valence-corrected chi connectivity index (χ2v) is 7.37. The minimum atomic E-state index is 0. The van der Waals surface area contributed by atoms with E-state index < -0.39 is 0 Å². The number of nitrogens with one attached hydrogen (secondary N) is 1. The summed E-state index contributed by atoms with van der Waals surface area (Å²) in [7, 11) is 2.39. The van der Waals surface area contributed by atoms with Crippen LogP contribution in [-0.4, -0.2) is 36.7 Å². The maximum absolute atomic E-state index is 5.74. The molecule has 0 saturated carbocycles. The van der Waals surface area contributed by atoms with Gasteiger partial charge in [-0.1, -0.05) is 13.8 Å². The molecule has 0 bridgehead atoms. The molecule has 1 aliphatic heterocycles. The maximum atomic E-state index is 5.74. The molecule has 0 aliphatic carbocycles. The van der Waals surface area contributed by atoms with Gasteiger partial charge in [0.25, 0.3) is 0 Å². The Balaban J connectivity index is 0.00000256. The lowest BCUT2D eigenvalue weighted by Gasteiger charge is -2.44. The lowest BCUT2D eigenvalue weighted by Crippen LogP contribution is -3.00. The molecule has 1 saturated heterocycles. The average Bonchev–Trinajstić information content (AvgIpc) is 2.21. The minimum absolute atomic E-state index is 0. The molecule has 1 fully saturated rings. The van der Waals surface area contributed by atoms with Gasteiger partial charge >= 0.3 is 0 Å². The zero-order valence-corrected chi connectivity index (χ0v) is 13.5. The monoisotopic (exact) mass is 282 g/mol. The number of nitrogens with zero attached hydrogens (tertiary/aromatic N) is 1. The predicted molar refractivity (Wildman–Crippen MR) is 71.5 cm³/mol. The summed E-state index contributed by atoms with van der Waals surface area (Å²) in [5.74, 6) is 0. The summed E-state index contributed by atoms with van der Waals surface area (Å²) < 4.78 is 1.21. The van der Waals surface area contributed by atoms with Crippen molar-refractivity contribution in [2.45, 2.75) is 52.5 Å². The lowest BCUT2D eigenvalue weighted by atomic mass is 9.81. The summed E-state index contributed by atoms with van der Waals surface area (Å²) in [6, 6.07) is 0. The maximum Gasteiger partial charge on any atom is 0.0802 e. The van der Waals surface area contributed by atoms with E-state index in [9.17, 15) is 0 Å². The van der Waals surface area contributed by atoms with Crippen molar-refractivity contribution in [3.63, 3.8) is 0 Å². The summed E-state index contributed by atoms with van der Waals surface area (Å²) in [6.07, 6.45) is 3.82. The van der Waals surface area contributed by atoms with E-state index in [1.807, 2.05) is 0 Å². The first-order valence-corrected chi connectivity index (χ1v) is 6.77. The second-order valence-electron chi connectivity index (χ2n) is 7.18. The lowest BCUT2D eigenvalue weighted by molar-refractivity contribution is -0.916. The Morgan fingerprint density at radius 1 is 1.24 bits per heavy atom. The van der Waals surface area contributed by atoms with Crippen molar-refractivity contribution in [1.29, 1.82) is 0 Å². The van der Waals surface area contributed by atoms with Crippen LogP contribution in [0.5, 0.6) is 0 Å². The highest BCUT2D eigenvalue weighted by atomic mass is 35.5. The molecule has 104 valence electrons. The first-order chi connectivity index (χ1) is 7.18. The van der Waals surface area contributed by atoms with Crippen LogP contribution in [0.25, 0.3) is 0 Å². The van der Waals surface area contributed by atoms with Crippen molar-refractivity contribution < 1.29 is 16.9 Å². The van der Waals surface area contributed by atoms with E-state index >= 15 is 0 Å². The number of hydrogen-bond donors (Lipinski definition) is 1. The van der Waals surface area contributed by atoms with Gasteiger partial charge in [0.05, 0.1) is 26.7 Å².